The molecular formula is C13H16ClNO3. The number of rotatable bonds is 4. The third-order valence-electron chi connectivity index (χ3n) is 2.92. The number of hydrogen-bond acceptors (Lipinski definition) is 4. The molecule has 0 spiro atoms. The Balaban J connectivity index is 2.20. The highest BCUT2D eigenvalue weighted by atomic mass is 35.5. The maximum atomic E-state index is 6.00. The van der Waals surface area contributed by atoms with Crippen molar-refractivity contribution in [2.24, 2.45) is 5.16 Å². The predicted molar refractivity (Wildman–Crippen MR) is 70.9 cm³/mol. The van der Waals surface area contributed by atoms with E-state index in [0.717, 1.165) is 11.3 Å². The third-order valence-corrected chi connectivity index (χ3v) is 3.20. The molecule has 1 aliphatic rings. The molecule has 1 aromatic rings. The minimum absolute atomic E-state index is 0.0604. The van der Waals surface area contributed by atoms with E-state index in [2.05, 4.69) is 5.16 Å². The lowest BCUT2D eigenvalue weighted by molar-refractivity contribution is 0.0855. The van der Waals surface area contributed by atoms with Crippen LogP contribution in [0.3, 0.4) is 0 Å². The molecule has 0 aromatic heterocycles. The van der Waals surface area contributed by atoms with E-state index in [1.807, 2.05) is 25.1 Å². The smallest absolute Gasteiger partial charge is 0.161 e. The van der Waals surface area contributed by atoms with Gasteiger partial charge in [-0.15, -0.1) is 11.6 Å². The van der Waals surface area contributed by atoms with Gasteiger partial charge >= 0.3 is 0 Å². The minimum atomic E-state index is -0.0635. The molecule has 5 heteroatoms. The Morgan fingerprint density at radius 1 is 1.33 bits per heavy atom. The highest BCUT2D eigenvalue weighted by Gasteiger charge is 2.26. The second-order valence-electron chi connectivity index (χ2n) is 4.13. The second-order valence-corrected chi connectivity index (χ2v) is 4.82. The Morgan fingerprint density at radius 2 is 2.06 bits per heavy atom. The first-order chi connectivity index (χ1) is 8.65. The Bertz CT molecular complexity index is 460. The Kier molecular flexibility index (Phi) is 3.97. The first-order valence-electron chi connectivity index (χ1n) is 5.75. The summed E-state index contributed by atoms with van der Waals surface area (Å²) in [6.07, 6.45) is 0.648. The van der Waals surface area contributed by atoms with Crippen molar-refractivity contribution < 1.29 is 14.3 Å². The number of halogens is 1. The zero-order chi connectivity index (χ0) is 13.1. The van der Waals surface area contributed by atoms with Gasteiger partial charge in [-0.05, 0) is 25.1 Å². The van der Waals surface area contributed by atoms with E-state index in [9.17, 15) is 0 Å². The van der Waals surface area contributed by atoms with Gasteiger partial charge in [-0.2, -0.15) is 0 Å². The molecule has 1 heterocycles. The molecule has 4 nitrogen and oxygen atoms in total. The number of ether oxygens (including phenoxy) is 2. The predicted octanol–water partition coefficient (Wildman–Crippen LogP) is 2.82. The van der Waals surface area contributed by atoms with Gasteiger partial charge in [0, 0.05) is 12.0 Å². The van der Waals surface area contributed by atoms with Gasteiger partial charge in [0.25, 0.3) is 0 Å². The van der Waals surface area contributed by atoms with Crippen LogP contribution in [0.25, 0.3) is 0 Å². The van der Waals surface area contributed by atoms with Crippen molar-refractivity contribution in [3.05, 3.63) is 23.8 Å². The van der Waals surface area contributed by atoms with E-state index >= 15 is 0 Å². The lowest BCUT2D eigenvalue weighted by atomic mass is 10.0. The largest absolute Gasteiger partial charge is 0.493 e. The number of hydrogen-bond donors (Lipinski definition) is 0. The summed E-state index contributed by atoms with van der Waals surface area (Å²) < 4.78 is 10.5. The third kappa shape index (κ3) is 2.53. The molecule has 0 aliphatic carbocycles. The van der Waals surface area contributed by atoms with Crippen molar-refractivity contribution in [3.63, 3.8) is 0 Å². The first-order valence-corrected chi connectivity index (χ1v) is 6.18. The fourth-order valence-corrected chi connectivity index (χ4v) is 1.96. The van der Waals surface area contributed by atoms with Crippen LogP contribution in [0.15, 0.2) is 23.4 Å². The fourth-order valence-electron chi connectivity index (χ4n) is 1.83. The standard InChI is InChI=1S/C13H16ClNO3/c1-8(14)12-7-10(15-18-12)9-4-5-11(16-2)13(6-9)17-3/h4-6,8,12H,7H2,1-3H3. The van der Waals surface area contributed by atoms with Crippen LogP contribution >= 0.6 is 11.6 Å². The summed E-state index contributed by atoms with van der Waals surface area (Å²) >= 11 is 6.00. The summed E-state index contributed by atoms with van der Waals surface area (Å²) in [5, 5.41) is 4.01. The number of oxime groups is 1. The molecule has 98 valence electrons. The van der Waals surface area contributed by atoms with E-state index in [-0.39, 0.29) is 11.5 Å². The Labute approximate surface area is 111 Å². The van der Waals surface area contributed by atoms with Gasteiger partial charge in [-0.25, -0.2) is 0 Å². The summed E-state index contributed by atoms with van der Waals surface area (Å²) in [4.78, 5) is 5.30. The molecule has 0 fully saturated rings. The van der Waals surface area contributed by atoms with Gasteiger partial charge in [-0.1, -0.05) is 5.16 Å². The van der Waals surface area contributed by atoms with Crippen LogP contribution in [0, 0.1) is 0 Å². The molecule has 0 radical (unpaired) electrons. The van der Waals surface area contributed by atoms with Crippen LogP contribution in [0.5, 0.6) is 11.5 Å². The Hall–Kier alpha value is -1.42. The molecule has 2 rings (SSSR count). The molecular weight excluding hydrogens is 254 g/mol. The summed E-state index contributed by atoms with van der Waals surface area (Å²) in [5.41, 5.74) is 1.85. The van der Waals surface area contributed by atoms with Crippen LogP contribution in [-0.4, -0.2) is 31.4 Å². The van der Waals surface area contributed by atoms with Crippen molar-refractivity contribution >= 4 is 17.3 Å². The maximum Gasteiger partial charge on any atom is 0.161 e. The Morgan fingerprint density at radius 3 is 2.61 bits per heavy atom. The average Bonchev–Trinajstić information content (AvgIpc) is 2.87. The van der Waals surface area contributed by atoms with Gasteiger partial charge in [0.05, 0.1) is 25.3 Å². The van der Waals surface area contributed by atoms with Gasteiger partial charge < -0.3 is 14.3 Å². The second kappa shape index (κ2) is 5.48. The van der Waals surface area contributed by atoms with Crippen molar-refractivity contribution in [3.8, 4) is 11.5 Å². The van der Waals surface area contributed by atoms with Gasteiger partial charge in [0.2, 0.25) is 0 Å². The molecule has 2 atom stereocenters. The molecule has 0 N–H and O–H groups in total. The van der Waals surface area contributed by atoms with Crippen molar-refractivity contribution in [1.82, 2.24) is 0 Å². The van der Waals surface area contributed by atoms with E-state index < -0.39 is 0 Å². The minimum Gasteiger partial charge on any atom is -0.493 e. The van der Waals surface area contributed by atoms with Crippen molar-refractivity contribution in [1.29, 1.82) is 0 Å². The average molecular weight is 270 g/mol. The monoisotopic (exact) mass is 269 g/mol. The van der Waals surface area contributed by atoms with Gasteiger partial charge in [-0.3, -0.25) is 0 Å². The first kappa shape index (κ1) is 13.0. The molecule has 1 aliphatic heterocycles. The van der Waals surface area contributed by atoms with Crippen LogP contribution < -0.4 is 9.47 Å². The van der Waals surface area contributed by atoms with Crippen molar-refractivity contribution in [2.75, 3.05) is 14.2 Å². The topological polar surface area (TPSA) is 40.0 Å². The van der Waals surface area contributed by atoms with E-state index in [1.54, 1.807) is 14.2 Å². The molecule has 0 bridgehead atoms. The number of nitrogens with zero attached hydrogens (tertiary/aromatic N) is 1. The van der Waals surface area contributed by atoms with Crippen LogP contribution in [-0.2, 0) is 4.84 Å². The summed E-state index contributed by atoms with van der Waals surface area (Å²) in [6.45, 7) is 1.90. The normalized spacial score (nSPS) is 20.0. The molecule has 2 unspecified atom stereocenters. The number of benzene rings is 1. The zero-order valence-electron chi connectivity index (χ0n) is 10.6. The molecule has 0 amide bonds. The molecule has 0 saturated heterocycles. The summed E-state index contributed by atoms with van der Waals surface area (Å²) in [5.74, 6) is 1.38. The van der Waals surface area contributed by atoms with Crippen LogP contribution in [0.2, 0.25) is 0 Å². The maximum absolute atomic E-state index is 6.00. The van der Waals surface area contributed by atoms with Crippen LogP contribution in [0.4, 0.5) is 0 Å². The zero-order valence-corrected chi connectivity index (χ0v) is 11.4. The van der Waals surface area contributed by atoms with E-state index in [1.165, 1.54) is 0 Å². The number of methoxy groups -OCH3 is 2. The lowest BCUT2D eigenvalue weighted by Crippen LogP contribution is -2.18. The van der Waals surface area contributed by atoms with Gasteiger partial charge in [0.1, 0.15) is 6.10 Å². The van der Waals surface area contributed by atoms with E-state index in [4.69, 9.17) is 25.9 Å². The lowest BCUT2D eigenvalue weighted by Gasteiger charge is -2.10. The van der Waals surface area contributed by atoms with Crippen molar-refractivity contribution in [2.45, 2.75) is 24.8 Å². The molecule has 18 heavy (non-hydrogen) atoms. The fraction of sp³-hybridized carbons (Fsp3) is 0.462. The highest BCUT2D eigenvalue weighted by Crippen LogP contribution is 2.30. The number of alkyl halides is 1. The molecule has 0 saturated carbocycles. The summed E-state index contributed by atoms with van der Waals surface area (Å²) in [7, 11) is 3.22. The van der Waals surface area contributed by atoms with Gasteiger partial charge in [0.15, 0.2) is 11.5 Å². The molecule has 1 aromatic carbocycles. The highest BCUT2D eigenvalue weighted by molar-refractivity contribution is 6.21. The SMILES string of the molecule is COc1ccc(C2=NOC(C(C)Cl)C2)cc1OC. The van der Waals surface area contributed by atoms with Crippen LogP contribution in [0.1, 0.15) is 18.9 Å². The van der Waals surface area contributed by atoms with E-state index in [0.29, 0.717) is 17.9 Å². The summed E-state index contributed by atoms with van der Waals surface area (Å²) in [6, 6.07) is 5.68. The quantitative estimate of drug-likeness (QED) is 0.789.